The van der Waals surface area contributed by atoms with Crippen LogP contribution in [0.25, 0.3) is 22.2 Å². The number of hydrogen-bond acceptors (Lipinski definition) is 2. The van der Waals surface area contributed by atoms with Crippen LogP contribution in [-0.4, -0.2) is 15.9 Å². The van der Waals surface area contributed by atoms with Gasteiger partial charge in [0, 0.05) is 35.5 Å². The highest BCUT2D eigenvalue weighted by Crippen LogP contribution is 2.23. The molecule has 0 fully saturated rings. The zero-order chi connectivity index (χ0) is 18.6. The first-order chi connectivity index (χ1) is 13.2. The molecule has 2 heterocycles. The Hall–Kier alpha value is -3.40. The van der Waals surface area contributed by atoms with Crippen molar-refractivity contribution in [3.63, 3.8) is 0 Å². The molecule has 1 amide bonds. The number of aromatic amines is 1. The fourth-order valence-corrected chi connectivity index (χ4v) is 3.12. The van der Waals surface area contributed by atoms with E-state index in [0.717, 1.165) is 33.4 Å². The molecule has 27 heavy (non-hydrogen) atoms. The lowest BCUT2D eigenvalue weighted by Gasteiger charge is -2.07. The van der Waals surface area contributed by atoms with Crippen molar-refractivity contribution in [2.45, 2.75) is 19.8 Å². The summed E-state index contributed by atoms with van der Waals surface area (Å²) in [5.74, 6) is 0.0275. The summed E-state index contributed by atoms with van der Waals surface area (Å²) in [5.41, 5.74) is 6.24. The Morgan fingerprint density at radius 2 is 1.89 bits per heavy atom. The van der Waals surface area contributed by atoms with E-state index in [1.165, 1.54) is 5.56 Å². The zero-order valence-corrected chi connectivity index (χ0v) is 15.2. The van der Waals surface area contributed by atoms with E-state index < -0.39 is 0 Å². The number of fused-ring (bicyclic) bond motifs is 1. The SMILES string of the molecule is Cc1ccc(NC(=O)CCc2cccc(-c3cnc4[nH]ccc4c3)c2)cc1. The van der Waals surface area contributed by atoms with Crippen LogP contribution in [0.1, 0.15) is 17.5 Å². The summed E-state index contributed by atoms with van der Waals surface area (Å²) in [7, 11) is 0. The first-order valence-electron chi connectivity index (χ1n) is 9.06. The molecule has 0 aliphatic rings. The number of carbonyl (C=O) groups is 1. The maximum atomic E-state index is 12.2. The molecule has 0 saturated heterocycles. The van der Waals surface area contributed by atoms with E-state index in [9.17, 15) is 4.79 Å². The van der Waals surface area contributed by atoms with E-state index in [4.69, 9.17) is 0 Å². The molecule has 4 nitrogen and oxygen atoms in total. The summed E-state index contributed by atoms with van der Waals surface area (Å²) in [6, 6.07) is 20.3. The lowest BCUT2D eigenvalue weighted by Crippen LogP contribution is -2.12. The molecular formula is C23H21N3O. The lowest BCUT2D eigenvalue weighted by atomic mass is 10.0. The third-order valence-corrected chi connectivity index (χ3v) is 4.64. The van der Waals surface area contributed by atoms with Crippen molar-refractivity contribution in [2.75, 3.05) is 5.32 Å². The number of rotatable bonds is 5. The fraction of sp³-hybridized carbons (Fsp3) is 0.130. The quantitative estimate of drug-likeness (QED) is 0.523. The summed E-state index contributed by atoms with van der Waals surface area (Å²) in [6.45, 7) is 2.03. The van der Waals surface area contributed by atoms with E-state index in [1.54, 1.807) is 0 Å². The number of benzene rings is 2. The predicted octanol–water partition coefficient (Wildman–Crippen LogP) is 5.11. The molecule has 4 aromatic rings. The second kappa shape index (κ2) is 7.46. The van der Waals surface area contributed by atoms with E-state index in [2.05, 4.69) is 39.6 Å². The fourth-order valence-electron chi connectivity index (χ4n) is 3.12. The highest BCUT2D eigenvalue weighted by atomic mass is 16.1. The van der Waals surface area contributed by atoms with Crippen LogP contribution in [0.2, 0.25) is 0 Å². The average Bonchev–Trinajstić information content (AvgIpc) is 3.16. The first kappa shape index (κ1) is 17.0. The Balaban J connectivity index is 1.43. The molecule has 0 saturated carbocycles. The topological polar surface area (TPSA) is 57.8 Å². The number of amides is 1. The van der Waals surface area contributed by atoms with Crippen molar-refractivity contribution in [3.05, 3.63) is 84.2 Å². The van der Waals surface area contributed by atoms with Crippen LogP contribution < -0.4 is 5.32 Å². The number of anilines is 1. The van der Waals surface area contributed by atoms with Crippen LogP contribution >= 0.6 is 0 Å². The molecule has 0 aliphatic carbocycles. The molecule has 4 rings (SSSR count). The van der Waals surface area contributed by atoms with Gasteiger partial charge in [0.2, 0.25) is 5.91 Å². The van der Waals surface area contributed by atoms with Gasteiger partial charge in [0.25, 0.3) is 0 Å². The smallest absolute Gasteiger partial charge is 0.224 e. The van der Waals surface area contributed by atoms with Gasteiger partial charge in [-0.25, -0.2) is 4.98 Å². The van der Waals surface area contributed by atoms with Crippen LogP contribution in [0.4, 0.5) is 5.69 Å². The zero-order valence-electron chi connectivity index (χ0n) is 15.2. The first-order valence-corrected chi connectivity index (χ1v) is 9.06. The maximum Gasteiger partial charge on any atom is 0.224 e. The van der Waals surface area contributed by atoms with Crippen molar-refractivity contribution in [1.29, 1.82) is 0 Å². The highest BCUT2D eigenvalue weighted by Gasteiger charge is 2.06. The van der Waals surface area contributed by atoms with Gasteiger partial charge in [-0.15, -0.1) is 0 Å². The molecular weight excluding hydrogens is 334 g/mol. The van der Waals surface area contributed by atoms with Gasteiger partial charge in [0.05, 0.1) is 0 Å². The van der Waals surface area contributed by atoms with Crippen molar-refractivity contribution in [1.82, 2.24) is 9.97 Å². The minimum atomic E-state index is 0.0275. The minimum absolute atomic E-state index is 0.0275. The van der Waals surface area contributed by atoms with Gasteiger partial charge in [-0.2, -0.15) is 0 Å². The van der Waals surface area contributed by atoms with Crippen molar-refractivity contribution >= 4 is 22.6 Å². The van der Waals surface area contributed by atoms with Crippen LogP contribution in [0.15, 0.2) is 73.1 Å². The van der Waals surface area contributed by atoms with Gasteiger partial charge >= 0.3 is 0 Å². The molecule has 0 aliphatic heterocycles. The normalized spacial score (nSPS) is 10.9. The van der Waals surface area contributed by atoms with E-state index in [0.29, 0.717) is 12.8 Å². The monoisotopic (exact) mass is 355 g/mol. The summed E-state index contributed by atoms with van der Waals surface area (Å²) in [6.07, 6.45) is 4.92. The largest absolute Gasteiger partial charge is 0.346 e. The second-order valence-corrected chi connectivity index (χ2v) is 6.75. The number of nitrogens with zero attached hydrogens (tertiary/aromatic N) is 1. The predicted molar refractivity (Wildman–Crippen MR) is 110 cm³/mol. The molecule has 2 aromatic heterocycles. The molecule has 0 radical (unpaired) electrons. The van der Waals surface area contributed by atoms with E-state index >= 15 is 0 Å². The number of hydrogen-bond donors (Lipinski definition) is 2. The summed E-state index contributed by atoms with van der Waals surface area (Å²) >= 11 is 0. The number of H-pyrrole nitrogens is 1. The third kappa shape index (κ3) is 4.06. The van der Waals surface area contributed by atoms with Crippen LogP contribution in [-0.2, 0) is 11.2 Å². The Labute approximate surface area is 158 Å². The third-order valence-electron chi connectivity index (χ3n) is 4.64. The molecule has 134 valence electrons. The van der Waals surface area contributed by atoms with Crippen LogP contribution in [0, 0.1) is 6.92 Å². The molecule has 4 heteroatoms. The molecule has 0 atom stereocenters. The van der Waals surface area contributed by atoms with Gasteiger partial charge in [-0.1, -0.05) is 42.0 Å². The van der Waals surface area contributed by atoms with Crippen molar-refractivity contribution in [2.24, 2.45) is 0 Å². The number of pyridine rings is 1. The van der Waals surface area contributed by atoms with E-state index in [-0.39, 0.29) is 5.91 Å². The van der Waals surface area contributed by atoms with Gasteiger partial charge in [0.15, 0.2) is 0 Å². The van der Waals surface area contributed by atoms with Crippen molar-refractivity contribution < 1.29 is 4.79 Å². The lowest BCUT2D eigenvalue weighted by molar-refractivity contribution is -0.116. The molecule has 0 bridgehead atoms. The molecule has 0 unspecified atom stereocenters. The number of nitrogens with one attached hydrogen (secondary N) is 2. The summed E-state index contributed by atoms with van der Waals surface area (Å²) in [5, 5.41) is 4.04. The second-order valence-electron chi connectivity index (χ2n) is 6.75. The summed E-state index contributed by atoms with van der Waals surface area (Å²) < 4.78 is 0. The number of aromatic nitrogens is 2. The van der Waals surface area contributed by atoms with Gasteiger partial charge in [0.1, 0.15) is 5.65 Å². The minimum Gasteiger partial charge on any atom is -0.346 e. The molecule has 0 spiro atoms. The Bertz CT molecular complexity index is 1080. The molecule has 2 N–H and O–H groups in total. The average molecular weight is 355 g/mol. The van der Waals surface area contributed by atoms with Gasteiger partial charge in [-0.05, 0) is 48.7 Å². The Kier molecular flexibility index (Phi) is 4.71. The van der Waals surface area contributed by atoms with Gasteiger partial charge < -0.3 is 10.3 Å². The van der Waals surface area contributed by atoms with Crippen molar-refractivity contribution in [3.8, 4) is 11.1 Å². The summed E-state index contributed by atoms with van der Waals surface area (Å²) in [4.78, 5) is 19.8. The Morgan fingerprint density at radius 1 is 1.04 bits per heavy atom. The van der Waals surface area contributed by atoms with Crippen LogP contribution in [0.3, 0.4) is 0 Å². The number of carbonyl (C=O) groups excluding carboxylic acids is 1. The Morgan fingerprint density at radius 3 is 2.74 bits per heavy atom. The van der Waals surface area contributed by atoms with Gasteiger partial charge in [-0.3, -0.25) is 4.79 Å². The van der Waals surface area contributed by atoms with Crippen LogP contribution in [0.5, 0.6) is 0 Å². The highest BCUT2D eigenvalue weighted by molar-refractivity contribution is 5.90. The number of aryl methyl sites for hydroxylation is 2. The standard InChI is InChI=1S/C23H21N3O/c1-16-5-8-21(9-6-16)26-22(27)10-7-17-3-2-4-18(13-17)20-14-19-11-12-24-23(19)25-15-20/h2-6,8-9,11-15H,7,10H2,1H3,(H,24,25)(H,26,27). The maximum absolute atomic E-state index is 12.2. The van der Waals surface area contributed by atoms with E-state index in [1.807, 2.05) is 55.7 Å². The molecule has 2 aromatic carbocycles.